The summed E-state index contributed by atoms with van der Waals surface area (Å²) in [7, 11) is 4.15. The number of hydrogen-bond donors (Lipinski definition) is 1. The molecule has 1 N–H and O–H groups in total. The lowest BCUT2D eigenvalue weighted by Crippen LogP contribution is -2.25. The molecule has 0 aliphatic rings. The lowest BCUT2D eigenvalue weighted by atomic mass is 10.0. The third-order valence-corrected chi connectivity index (χ3v) is 5.07. The van der Waals surface area contributed by atoms with Crippen LogP contribution in [0.1, 0.15) is 23.6 Å². The molecule has 2 aromatic rings. The van der Waals surface area contributed by atoms with Crippen molar-refractivity contribution in [2.45, 2.75) is 19.0 Å². The van der Waals surface area contributed by atoms with Gasteiger partial charge in [0.15, 0.2) is 0 Å². The Kier molecular flexibility index (Phi) is 6.71. The third-order valence-electron chi connectivity index (χ3n) is 3.52. The van der Waals surface area contributed by atoms with Gasteiger partial charge in [-0.2, -0.15) is 11.3 Å². The number of thiophene rings is 1. The maximum Gasteiger partial charge on any atom is 0.0465 e. The van der Waals surface area contributed by atoms with Crippen molar-refractivity contribution in [2.24, 2.45) is 0 Å². The molecule has 0 radical (unpaired) electrons. The minimum Gasteiger partial charge on any atom is -0.313 e. The van der Waals surface area contributed by atoms with E-state index in [9.17, 15) is 0 Å². The van der Waals surface area contributed by atoms with Gasteiger partial charge in [0.2, 0.25) is 0 Å². The summed E-state index contributed by atoms with van der Waals surface area (Å²) in [6.07, 6.45) is 1.03. The fourth-order valence-electron chi connectivity index (χ4n) is 2.36. The third kappa shape index (κ3) is 5.08. The van der Waals surface area contributed by atoms with Crippen LogP contribution in [0.25, 0.3) is 0 Å². The predicted molar refractivity (Wildman–Crippen MR) is 96.2 cm³/mol. The summed E-state index contributed by atoms with van der Waals surface area (Å²) >= 11 is 11.6. The topological polar surface area (TPSA) is 15.3 Å². The molecule has 1 atom stereocenters. The summed E-state index contributed by atoms with van der Waals surface area (Å²) < 4.78 is 1.01. The van der Waals surface area contributed by atoms with E-state index in [4.69, 9.17) is 11.6 Å². The van der Waals surface area contributed by atoms with E-state index in [1.165, 1.54) is 5.56 Å². The average molecular weight is 388 g/mol. The molecule has 0 amide bonds. The number of rotatable bonds is 7. The molecule has 0 fully saturated rings. The molecule has 2 rings (SSSR count). The van der Waals surface area contributed by atoms with Crippen molar-refractivity contribution in [3.8, 4) is 0 Å². The van der Waals surface area contributed by atoms with Crippen LogP contribution in [0.15, 0.2) is 39.5 Å². The Morgan fingerprint density at radius 3 is 2.81 bits per heavy atom. The van der Waals surface area contributed by atoms with Crippen molar-refractivity contribution in [1.29, 1.82) is 0 Å². The molecule has 2 nitrogen and oxygen atoms in total. The highest BCUT2D eigenvalue weighted by atomic mass is 79.9. The van der Waals surface area contributed by atoms with Crippen LogP contribution in [-0.4, -0.2) is 25.5 Å². The Morgan fingerprint density at radius 2 is 2.19 bits per heavy atom. The summed E-state index contributed by atoms with van der Waals surface area (Å²) in [5.41, 5.74) is 2.54. The first-order valence-electron chi connectivity index (χ1n) is 6.92. The number of nitrogens with zero attached hydrogens (tertiary/aromatic N) is 1. The first-order valence-corrected chi connectivity index (χ1v) is 9.03. The largest absolute Gasteiger partial charge is 0.313 e. The van der Waals surface area contributed by atoms with E-state index in [1.807, 2.05) is 19.2 Å². The van der Waals surface area contributed by atoms with Gasteiger partial charge >= 0.3 is 0 Å². The maximum absolute atomic E-state index is 6.35. The number of hydrogen-bond acceptors (Lipinski definition) is 3. The summed E-state index contributed by atoms with van der Waals surface area (Å²) in [4.78, 5) is 2.35. The smallest absolute Gasteiger partial charge is 0.0465 e. The molecule has 5 heteroatoms. The molecular weight excluding hydrogens is 368 g/mol. The van der Waals surface area contributed by atoms with Crippen LogP contribution >= 0.6 is 38.9 Å². The van der Waals surface area contributed by atoms with Gasteiger partial charge in [-0.1, -0.05) is 33.6 Å². The molecule has 0 saturated heterocycles. The van der Waals surface area contributed by atoms with E-state index >= 15 is 0 Å². The van der Waals surface area contributed by atoms with Crippen molar-refractivity contribution in [3.63, 3.8) is 0 Å². The normalized spacial score (nSPS) is 12.8. The molecule has 1 unspecified atom stereocenters. The lowest BCUT2D eigenvalue weighted by molar-refractivity contribution is 0.304. The maximum atomic E-state index is 6.35. The fourth-order valence-corrected chi connectivity index (χ4v) is 3.83. The van der Waals surface area contributed by atoms with Crippen molar-refractivity contribution in [2.75, 3.05) is 20.6 Å². The van der Waals surface area contributed by atoms with Crippen LogP contribution < -0.4 is 5.32 Å². The first kappa shape index (κ1) is 17.0. The second kappa shape index (κ2) is 8.30. The molecule has 0 spiro atoms. The zero-order valence-electron chi connectivity index (χ0n) is 12.3. The predicted octanol–water partition coefficient (Wildman–Crippen LogP) is 4.95. The van der Waals surface area contributed by atoms with Crippen molar-refractivity contribution >= 4 is 38.9 Å². The van der Waals surface area contributed by atoms with Gasteiger partial charge in [-0.15, -0.1) is 0 Å². The van der Waals surface area contributed by atoms with Crippen LogP contribution in [-0.2, 0) is 6.54 Å². The highest BCUT2D eigenvalue weighted by Gasteiger charge is 2.14. The van der Waals surface area contributed by atoms with Crippen molar-refractivity contribution < 1.29 is 0 Å². The van der Waals surface area contributed by atoms with Gasteiger partial charge < -0.3 is 10.2 Å². The first-order chi connectivity index (χ1) is 10.1. The van der Waals surface area contributed by atoms with E-state index in [2.05, 4.69) is 56.1 Å². The van der Waals surface area contributed by atoms with E-state index in [-0.39, 0.29) is 6.04 Å². The minimum absolute atomic E-state index is 0.274. The molecule has 21 heavy (non-hydrogen) atoms. The molecule has 0 saturated carbocycles. The van der Waals surface area contributed by atoms with Gasteiger partial charge in [0, 0.05) is 22.1 Å². The van der Waals surface area contributed by atoms with E-state index in [1.54, 1.807) is 11.3 Å². The molecule has 1 aromatic carbocycles. The standard InChI is InChI=1S/C16H20BrClN2S/c1-19-16(14-4-3-13(17)9-15(14)18)5-7-20(2)10-12-6-8-21-11-12/h3-4,6,8-9,11,16,19H,5,7,10H2,1-2H3. The zero-order chi connectivity index (χ0) is 15.2. The fraction of sp³-hybridized carbons (Fsp3) is 0.375. The zero-order valence-corrected chi connectivity index (χ0v) is 15.4. The molecule has 0 aliphatic heterocycles. The Labute approximate surface area is 144 Å². The second-order valence-corrected chi connectivity index (χ2v) is 7.27. The summed E-state index contributed by atoms with van der Waals surface area (Å²) in [5.74, 6) is 0. The van der Waals surface area contributed by atoms with Crippen LogP contribution in [0.5, 0.6) is 0 Å². The minimum atomic E-state index is 0.274. The second-order valence-electron chi connectivity index (χ2n) is 5.17. The Morgan fingerprint density at radius 1 is 1.38 bits per heavy atom. The van der Waals surface area contributed by atoms with E-state index in [0.29, 0.717) is 0 Å². The molecule has 0 bridgehead atoms. The van der Waals surface area contributed by atoms with E-state index < -0.39 is 0 Å². The molecule has 0 aliphatic carbocycles. The monoisotopic (exact) mass is 386 g/mol. The SMILES string of the molecule is CNC(CCN(C)Cc1ccsc1)c1ccc(Br)cc1Cl. The van der Waals surface area contributed by atoms with Crippen LogP contribution in [0.3, 0.4) is 0 Å². The highest BCUT2D eigenvalue weighted by Crippen LogP contribution is 2.28. The summed E-state index contributed by atoms with van der Waals surface area (Å²) in [6.45, 7) is 2.02. The molecule has 1 heterocycles. The number of benzene rings is 1. The average Bonchev–Trinajstić information content (AvgIpc) is 2.94. The van der Waals surface area contributed by atoms with Gasteiger partial charge in [0.25, 0.3) is 0 Å². The Bertz CT molecular complexity index is 559. The lowest BCUT2D eigenvalue weighted by Gasteiger charge is -2.22. The van der Waals surface area contributed by atoms with E-state index in [0.717, 1.165) is 34.6 Å². The quantitative estimate of drug-likeness (QED) is 0.723. The molecule has 1 aromatic heterocycles. The summed E-state index contributed by atoms with van der Waals surface area (Å²) in [5, 5.41) is 8.51. The highest BCUT2D eigenvalue weighted by molar-refractivity contribution is 9.10. The molecular formula is C16H20BrClN2S. The molecule has 114 valence electrons. The number of nitrogens with one attached hydrogen (secondary N) is 1. The van der Waals surface area contributed by atoms with Gasteiger partial charge in [0.05, 0.1) is 0 Å². The van der Waals surface area contributed by atoms with Gasteiger partial charge in [0.1, 0.15) is 0 Å². The van der Waals surface area contributed by atoms with Gasteiger partial charge in [-0.05, 0) is 67.1 Å². The van der Waals surface area contributed by atoms with Crippen molar-refractivity contribution in [1.82, 2.24) is 10.2 Å². The van der Waals surface area contributed by atoms with Crippen LogP contribution in [0, 0.1) is 0 Å². The van der Waals surface area contributed by atoms with Crippen LogP contribution in [0.2, 0.25) is 5.02 Å². The Hall–Kier alpha value is -0.390. The van der Waals surface area contributed by atoms with Crippen LogP contribution in [0.4, 0.5) is 0 Å². The number of halogens is 2. The van der Waals surface area contributed by atoms with Crippen molar-refractivity contribution in [3.05, 3.63) is 55.6 Å². The summed E-state index contributed by atoms with van der Waals surface area (Å²) in [6, 6.07) is 8.54. The van der Waals surface area contributed by atoms with Gasteiger partial charge in [-0.3, -0.25) is 0 Å². The van der Waals surface area contributed by atoms with Gasteiger partial charge in [-0.25, -0.2) is 0 Å². The Balaban J connectivity index is 1.93.